The summed E-state index contributed by atoms with van der Waals surface area (Å²) in [5.74, 6) is 0.962. The van der Waals surface area contributed by atoms with E-state index in [1.807, 2.05) is 52.0 Å². The quantitative estimate of drug-likeness (QED) is 0.363. The zero-order chi connectivity index (χ0) is 27.5. The third kappa shape index (κ3) is 6.72. The number of nitrogens with zero attached hydrogens (tertiary/aromatic N) is 1. The van der Waals surface area contributed by atoms with Gasteiger partial charge in [-0.2, -0.15) is 0 Å². The highest BCUT2D eigenvalue weighted by molar-refractivity contribution is 7.92. The van der Waals surface area contributed by atoms with Crippen LogP contribution in [0.5, 0.6) is 5.75 Å². The van der Waals surface area contributed by atoms with E-state index in [4.69, 9.17) is 4.74 Å². The summed E-state index contributed by atoms with van der Waals surface area (Å²) in [4.78, 5) is 13.0. The first-order valence-electron chi connectivity index (χ1n) is 12.4. The molecule has 0 aromatic heterocycles. The van der Waals surface area contributed by atoms with E-state index in [9.17, 15) is 13.2 Å². The van der Waals surface area contributed by atoms with Gasteiger partial charge in [0.2, 0.25) is 10.0 Å². The fourth-order valence-corrected chi connectivity index (χ4v) is 5.40. The van der Waals surface area contributed by atoms with Crippen molar-refractivity contribution < 1.29 is 17.9 Å². The summed E-state index contributed by atoms with van der Waals surface area (Å²) in [6.45, 7) is 12.2. The average molecular weight is 523 g/mol. The number of carbonyl (C=O) groups is 1. The standard InChI is InChI=1S/C30H38N2O4S/c1-19(2)26-17-27(22(5)16-29(26)36-7)23(6)31-30(33)25-13-11-24(12-14-25)18-32(37(8,34)35)28-15-20(3)9-10-21(28)4/h9-17,19,23H,18H2,1-8H3,(H,31,33)/t23-/m0/s1. The Balaban J connectivity index is 1.79. The zero-order valence-electron chi connectivity index (χ0n) is 23.0. The maximum Gasteiger partial charge on any atom is 0.251 e. The van der Waals surface area contributed by atoms with Crippen LogP contribution in [0, 0.1) is 20.8 Å². The lowest BCUT2D eigenvalue weighted by Crippen LogP contribution is -2.30. The van der Waals surface area contributed by atoms with Gasteiger partial charge in [-0.15, -0.1) is 0 Å². The van der Waals surface area contributed by atoms with Crippen molar-refractivity contribution in [3.05, 3.63) is 93.5 Å². The molecule has 0 spiro atoms. The summed E-state index contributed by atoms with van der Waals surface area (Å²) in [6.07, 6.45) is 1.21. The van der Waals surface area contributed by atoms with Gasteiger partial charge in [0.1, 0.15) is 5.75 Å². The van der Waals surface area contributed by atoms with Crippen molar-refractivity contribution in [3.8, 4) is 5.75 Å². The maximum atomic E-state index is 13.0. The predicted octanol–water partition coefficient (Wildman–Crippen LogP) is 6.20. The molecule has 7 heteroatoms. The molecule has 0 bridgehead atoms. The molecule has 1 N–H and O–H groups in total. The topological polar surface area (TPSA) is 75.7 Å². The Hall–Kier alpha value is -3.32. The monoisotopic (exact) mass is 522 g/mol. The van der Waals surface area contributed by atoms with E-state index in [2.05, 4.69) is 25.2 Å². The Kier molecular flexibility index (Phi) is 8.69. The molecular weight excluding hydrogens is 484 g/mol. The van der Waals surface area contributed by atoms with Gasteiger partial charge in [0, 0.05) is 5.56 Å². The van der Waals surface area contributed by atoms with Crippen LogP contribution in [0.2, 0.25) is 0 Å². The highest BCUT2D eigenvalue weighted by Crippen LogP contribution is 2.32. The van der Waals surface area contributed by atoms with Crippen molar-refractivity contribution in [1.29, 1.82) is 0 Å². The minimum absolute atomic E-state index is 0.185. The summed E-state index contributed by atoms with van der Waals surface area (Å²) < 4.78 is 32.2. The van der Waals surface area contributed by atoms with Crippen LogP contribution in [0.15, 0.2) is 54.6 Å². The van der Waals surface area contributed by atoms with E-state index < -0.39 is 10.0 Å². The Morgan fingerprint density at radius 2 is 1.57 bits per heavy atom. The molecule has 0 heterocycles. The fourth-order valence-electron chi connectivity index (χ4n) is 4.46. The summed E-state index contributed by atoms with van der Waals surface area (Å²) in [5.41, 5.74) is 7.05. The van der Waals surface area contributed by atoms with Gasteiger partial charge in [0.15, 0.2) is 0 Å². The number of nitrogens with one attached hydrogen (secondary N) is 1. The minimum Gasteiger partial charge on any atom is -0.496 e. The Morgan fingerprint density at radius 1 is 0.919 bits per heavy atom. The SMILES string of the molecule is COc1cc(C)c([C@H](C)NC(=O)c2ccc(CN(c3cc(C)ccc3C)S(C)(=O)=O)cc2)cc1C(C)C. The molecule has 37 heavy (non-hydrogen) atoms. The number of anilines is 1. The van der Waals surface area contributed by atoms with Gasteiger partial charge >= 0.3 is 0 Å². The molecule has 6 nitrogen and oxygen atoms in total. The molecule has 0 saturated carbocycles. The van der Waals surface area contributed by atoms with Gasteiger partial charge in [-0.3, -0.25) is 9.10 Å². The van der Waals surface area contributed by atoms with Crippen LogP contribution in [0.25, 0.3) is 0 Å². The smallest absolute Gasteiger partial charge is 0.251 e. The molecule has 0 fully saturated rings. The van der Waals surface area contributed by atoms with Gasteiger partial charge in [0.25, 0.3) is 5.91 Å². The second-order valence-corrected chi connectivity index (χ2v) is 12.0. The number of amides is 1. The zero-order valence-corrected chi connectivity index (χ0v) is 23.9. The highest BCUT2D eigenvalue weighted by Gasteiger charge is 2.21. The van der Waals surface area contributed by atoms with Crippen LogP contribution in [0.3, 0.4) is 0 Å². The van der Waals surface area contributed by atoms with Gasteiger partial charge in [-0.1, -0.05) is 38.1 Å². The first-order valence-corrected chi connectivity index (χ1v) is 14.3. The van der Waals surface area contributed by atoms with E-state index in [1.54, 1.807) is 31.4 Å². The summed E-state index contributed by atoms with van der Waals surface area (Å²) >= 11 is 0. The van der Waals surface area contributed by atoms with Crippen molar-refractivity contribution in [3.63, 3.8) is 0 Å². The second-order valence-electron chi connectivity index (χ2n) is 10.1. The van der Waals surface area contributed by atoms with Gasteiger partial charge in [0.05, 0.1) is 31.6 Å². The van der Waals surface area contributed by atoms with E-state index in [0.29, 0.717) is 17.2 Å². The van der Waals surface area contributed by atoms with E-state index in [0.717, 1.165) is 39.1 Å². The first-order chi connectivity index (χ1) is 17.3. The molecule has 3 aromatic carbocycles. The lowest BCUT2D eigenvalue weighted by molar-refractivity contribution is 0.0939. The van der Waals surface area contributed by atoms with Crippen LogP contribution < -0.4 is 14.4 Å². The number of aryl methyl sites for hydroxylation is 3. The average Bonchev–Trinajstić information content (AvgIpc) is 2.83. The van der Waals surface area contributed by atoms with Crippen molar-refractivity contribution in [2.24, 2.45) is 0 Å². The summed E-state index contributed by atoms with van der Waals surface area (Å²) in [5, 5.41) is 3.09. The minimum atomic E-state index is -3.50. The molecular formula is C30H38N2O4S. The third-order valence-electron chi connectivity index (χ3n) is 6.63. The molecule has 198 valence electrons. The first kappa shape index (κ1) is 28.3. The van der Waals surface area contributed by atoms with Crippen molar-refractivity contribution in [1.82, 2.24) is 5.32 Å². The molecule has 0 radical (unpaired) electrons. The van der Waals surface area contributed by atoms with Gasteiger partial charge < -0.3 is 10.1 Å². The number of hydrogen-bond donors (Lipinski definition) is 1. The number of sulfonamides is 1. The third-order valence-corrected chi connectivity index (χ3v) is 7.76. The number of hydrogen-bond acceptors (Lipinski definition) is 4. The van der Waals surface area contributed by atoms with Gasteiger partial charge in [-0.25, -0.2) is 8.42 Å². The highest BCUT2D eigenvalue weighted by atomic mass is 32.2. The van der Waals surface area contributed by atoms with Crippen LogP contribution >= 0.6 is 0 Å². The molecule has 0 unspecified atom stereocenters. The summed E-state index contributed by atoms with van der Waals surface area (Å²) in [6, 6.07) is 16.8. The largest absolute Gasteiger partial charge is 0.496 e. The van der Waals surface area contributed by atoms with Crippen LogP contribution in [0.4, 0.5) is 5.69 Å². The van der Waals surface area contributed by atoms with Crippen LogP contribution in [-0.4, -0.2) is 27.7 Å². The fraction of sp³-hybridized carbons (Fsp3) is 0.367. The van der Waals surface area contributed by atoms with Crippen molar-refractivity contribution in [2.45, 2.75) is 60.0 Å². The summed E-state index contributed by atoms with van der Waals surface area (Å²) in [7, 11) is -1.83. The molecule has 0 aliphatic heterocycles. The molecule has 0 aliphatic carbocycles. The van der Waals surface area contributed by atoms with E-state index in [-0.39, 0.29) is 18.5 Å². The Bertz CT molecular complexity index is 1380. The molecule has 0 aliphatic rings. The molecule has 3 rings (SSSR count). The molecule has 1 amide bonds. The number of carbonyl (C=O) groups excluding carboxylic acids is 1. The number of ether oxygens (including phenoxy) is 1. The van der Waals surface area contributed by atoms with Crippen LogP contribution in [0.1, 0.15) is 76.5 Å². The normalized spacial score (nSPS) is 12.4. The molecule has 3 aromatic rings. The van der Waals surface area contributed by atoms with E-state index >= 15 is 0 Å². The number of benzene rings is 3. The molecule has 1 atom stereocenters. The predicted molar refractivity (Wildman–Crippen MR) is 151 cm³/mol. The molecule has 0 saturated heterocycles. The Morgan fingerprint density at radius 3 is 2.14 bits per heavy atom. The Labute approximate surface area is 221 Å². The second kappa shape index (κ2) is 11.4. The van der Waals surface area contributed by atoms with Crippen molar-refractivity contribution >= 4 is 21.6 Å². The number of rotatable bonds is 9. The van der Waals surface area contributed by atoms with E-state index in [1.165, 1.54) is 10.6 Å². The van der Waals surface area contributed by atoms with Crippen molar-refractivity contribution in [2.75, 3.05) is 17.7 Å². The van der Waals surface area contributed by atoms with Crippen LogP contribution in [-0.2, 0) is 16.6 Å². The lowest BCUT2D eigenvalue weighted by atomic mass is 9.93. The van der Waals surface area contributed by atoms with Gasteiger partial charge in [-0.05, 0) is 97.3 Å². The lowest BCUT2D eigenvalue weighted by Gasteiger charge is -2.25. The number of methoxy groups -OCH3 is 1. The maximum absolute atomic E-state index is 13.0.